The third-order valence-corrected chi connectivity index (χ3v) is 3.26. The number of nitrogens with one attached hydrogen (secondary N) is 1. The van der Waals surface area contributed by atoms with Crippen molar-refractivity contribution in [2.75, 3.05) is 0 Å². The van der Waals surface area contributed by atoms with Crippen LogP contribution in [0.3, 0.4) is 0 Å². The number of allylic oxidation sites excluding steroid dienone is 1. The molecule has 1 heterocycles. The van der Waals surface area contributed by atoms with Crippen molar-refractivity contribution in [1.29, 1.82) is 0 Å². The zero-order valence-electron chi connectivity index (χ0n) is 12.5. The van der Waals surface area contributed by atoms with E-state index in [1.54, 1.807) is 24.4 Å². The van der Waals surface area contributed by atoms with Crippen molar-refractivity contribution in [3.8, 4) is 0 Å². The van der Waals surface area contributed by atoms with Crippen LogP contribution in [0, 0.1) is 0 Å². The van der Waals surface area contributed by atoms with Crippen molar-refractivity contribution in [1.82, 2.24) is 10.3 Å². The Hall–Kier alpha value is -2.69. The van der Waals surface area contributed by atoms with Crippen LogP contribution in [0.2, 0.25) is 0 Å². The minimum Gasteiger partial charge on any atom is -0.480 e. The first kappa shape index (κ1) is 15.7. The molecule has 1 aromatic heterocycles. The van der Waals surface area contributed by atoms with Gasteiger partial charge in [-0.3, -0.25) is 9.78 Å². The van der Waals surface area contributed by atoms with Gasteiger partial charge in [-0.25, -0.2) is 4.79 Å². The molecule has 0 aliphatic rings. The average molecular weight is 298 g/mol. The second-order valence-corrected chi connectivity index (χ2v) is 5.26. The fraction of sp³-hybridized carbons (Fsp3) is 0.235. The average Bonchev–Trinajstić information content (AvgIpc) is 2.50. The Bertz CT molecular complexity index is 728. The van der Waals surface area contributed by atoms with E-state index in [2.05, 4.69) is 10.3 Å². The molecule has 114 valence electrons. The van der Waals surface area contributed by atoms with Crippen LogP contribution in [0.25, 0.3) is 10.9 Å². The van der Waals surface area contributed by atoms with Crippen LogP contribution in [0.5, 0.6) is 0 Å². The van der Waals surface area contributed by atoms with E-state index >= 15 is 0 Å². The third kappa shape index (κ3) is 3.69. The lowest BCUT2D eigenvalue weighted by atomic mass is 10.1. The highest BCUT2D eigenvalue weighted by Crippen LogP contribution is 2.16. The molecular weight excluding hydrogens is 280 g/mol. The highest BCUT2D eigenvalue weighted by molar-refractivity contribution is 6.06. The van der Waals surface area contributed by atoms with E-state index < -0.39 is 17.9 Å². The summed E-state index contributed by atoms with van der Waals surface area (Å²) in [6.07, 6.45) is 3.60. The van der Waals surface area contributed by atoms with Crippen LogP contribution in [-0.2, 0) is 4.79 Å². The van der Waals surface area contributed by atoms with Gasteiger partial charge in [0.25, 0.3) is 5.91 Å². The summed E-state index contributed by atoms with van der Waals surface area (Å²) in [5.74, 6) is -1.46. The van der Waals surface area contributed by atoms with Gasteiger partial charge in [-0.15, -0.1) is 0 Å². The van der Waals surface area contributed by atoms with Crippen molar-refractivity contribution in [2.24, 2.45) is 0 Å². The van der Waals surface area contributed by atoms with Crippen LogP contribution < -0.4 is 5.32 Å². The van der Waals surface area contributed by atoms with E-state index in [-0.39, 0.29) is 6.42 Å². The molecule has 0 fully saturated rings. The Balaban J connectivity index is 2.26. The van der Waals surface area contributed by atoms with Crippen molar-refractivity contribution < 1.29 is 14.7 Å². The number of fused-ring (bicyclic) bond motifs is 1. The number of carbonyl (C=O) groups excluding carboxylic acids is 1. The maximum atomic E-state index is 12.4. The molecule has 0 radical (unpaired) electrons. The number of hydrogen-bond donors (Lipinski definition) is 2. The summed E-state index contributed by atoms with van der Waals surface area (Å²) in [6.45, 7) is 3.77. The van der Waals surface area contributed by atoms with Crippen LogP contribution in [0.1, 0.15) is 30.6 Å². The van der Waals surface area contributed by atoms with E-state index in [9.17, 15) is 14.7 Å². The van der Waals surface area contributed by atoms with E-state index in [4.69, 9.17) is 0 Å². The Kier molecular flexibility index (Phi) is 4.88. The number of hydrogen-bond acceptors (Lipinski definition) is 3. The molecule has 0 unspecified atom stereocenters. The summed E-state index contributed by atoms with van der Waals surface area (Å²) in [5, 5.41) is 12.5. The summed E-state index contributed by atoms with van der Waals surface area (Å²) in [5.41, 5.74) is 2.13. The molecule has 0 bridgehead atoms. The lowest BCUT2D eigenvalue weighted by Gasteiger charge is -2.14. The number of rotatable bonds is 5. The monoisotopic (exact) mass is 298 g/mol. The van der Waals surface area contributed by atoms with Gasteiger partial charge in [0.15, 0.2) is 0 Å². The van der Waals surface area contributed by atoms with Gasteiger partial charge in [0.1, 0.15) is 6.04 Å². The zero-order chi connectivity index (χ0) is 16.1. The number of aliphatic carboxylic acids is 1. The van der Waals surface area contributed by atoms with Gasteiger partial charge in [-0.05, 0) is 32.4 Å². The van der Waals surface area contributed by atoms with Crippen molar-refractivity contribution in [3.05, 3.63) is 53.7 Å². The Morgan fingerprint density at radius 1 is 1.27 bits per heavy atom. The number of pyridine rings is 1. The van der Waals surface area contributed by atoms with Crippen LogP contribution in [-0.4, -0.2) is 28.0 Å². The molecule has 0 aliphatic heterocycles. The highest BCUT2D eigenvalue weighted by Gasteiger charge is 2.20. The molecule has 0 spiro atoms. The van der Waals surface area contributed by atoms with Gasteiger partial charge in [-0.1, -0.05) is 29.8 Å². The first-order valence-electron chi connectivity index (χ1n) is 7.00. The molecule has 0 saturated carbocycles. The molecule has 1 atom stereocenters. The first-order chi connectivity index (χ1) is 10.5. The van der Waals surface area contributed by atoms with E-state index in [0.29, 0.717) is 16.5 Å². The summed E-state index contributed by atoms with van der Waals surface area (Å²) < 4.78 is 0. The lowest BCUT2D eigenvalue weighted by Crippen LogP contribution is -2.40. The molecule has 2 N–H and O–H groups in total. The van der Waals surface area contributed by atoms with Gasteiger partial charge in [0, 0.05) is 11.6 Å². The largest absolute Gasteiger partial charge is 0.480 e. The Morgan fingerprint density at radius 2 is 2.00 bits per heavy atom. The van der Waals surface area contributed by atoms with Crippen molar-refractivity contribution >= 4 is 22.8 Å². The lowest BCUT2D eigenvalue weighted by molar-refractivity contribution is -0.139. The maximum Gasteiger partial charge on any atom is 0.326 e. The smallest absolute Gasteiger partial charge is 0.326 e. The van der Waals surface area contributed by atoms with Crippen LogP contribution >= 0.6 is 0 Å². The van der Waals surface area contributed by atoms with E-state index in [1.165, 1.54) is 0 Å². The summed E-state index contributed by atoms with van der Waals surface area (Å²) in [4.78, 5) is 27.9. The SMILES string of the molecule is CC(C)=CC[C@@H](NC(=O)c1ccnc2ccccc12)C(=O)O. The molecule has 22 heavy (non-hydrogen) atoms. The molecule has 5 heteroatoms. The molecule has 2 aromatic rings. The number of aromatic nitrogens is 1. The maximum absolute atomic E-state index is 12.4. The molecule has 1 amide bonds. The molecular formula is C17H18N2O3. The van der Waals surface area contributed by atoms with Gasteiger partial charge >= 0.3 is 5.97 Å². The number of carboxylic acids is 1. The van der Waals surface area contributed by atoms with E-state index in [1.807, 2.05) is 32.0 Å². The van der Waals surface area contributed by atoms with Crippen LogP contribution in [0.15, 0.2) is 48.2 Å². The fourth-order valence-corrected chi connectivity index (χ4v) is 2.10. The van der Waals surface area contributed by atoms with Gasteiger partial charge in [-0.2, -0.15) is 0 Å². The second-order valence-electron chi connectivity index (χ2n) is 5.26. The second kappa shape index (κ2) is 6.85. The highest BCUT2D eigenvalue weighted by atomic mass is 16.4. The fourth-order valence-electron chi connectivity index (χ4n) is 2.10. The van der Waals surface area contributed by atoms with E-state index in [0.717, 1.165) is 5.57 Å². The van der Waals surface area contributed by atoms with Gasteiger partial charge in [0.05, 0.1) is 11.1 Å². The summed E-state index contributed by atoms with van der Waals surface area (Å²) in [7, 11) is 0. The van der Waals surface area contributed by atoms with Gasteiger partial charge in [0.2, 0.25) is 0 Å². The molecule has 5 nitrogen and oxygen atoms in total. The topological polar surface area (TPSA) is 79.3 Å². The molecule has 0 saturated heterocycles. The first-order valence-corrected chi connectivity index (χ1v) is 7.00. The van der Waals surface area contributed by atoms with Crippen molar-refractivity contribution in [2.45, 2.75) is 26.3 Å². The number of nitrogens with zero attached hydrogens (tertiary/aromatic N) is 1. The number of carboxylic acid groups (broad SMARTS) is 1. The minimum atomic E-state index is -1.05. The summed E-state index contributed by atoms with van der Waals surface area (Å²) in [6, 6.07) is 7.91. The zero-order valence-corrected chi connectivity index (χ0v) is 12.5. The Labute approximate surface area is 128 Å². The number of amides is 1. The Morgan fingerprint density at radius 3 is 2.68 bits per heavy atom. The van der Waals surface area contributed by atoms with Crippen molar-refractivity contribution in [3.63, 3.8) is 0 Å². The summed E-state index contributed by atoms with van der Waals surface area (Å²) >= 11 is 0. The predicted molar refractivity (Wildman–Crippen MR) is 84.7 cm³/mol. The molecule has 1 aromatic carbocycles. The van der Waals surface area contributed by atoms with Crippen LogP contribution in [0.4, 0.5) is 0 Å². The minimum absolute atomic E-state index is 0.256. The number of benzene rings is 1. The third-order valence-electron chi connectivity index (χ3n) is 3.26. The predicted octanol–water partition coefficient (Wildman–Crippen LogP) is 2.77. The molecule has 0 aliphatic carbocycles. The standard InChI is InChI=1S/C17H18N2O3/c1-11(2)7-8-15(17(21)22)19-16(20)13-9-10-18-14-6-4-3-5-12(13)14/h3-7,9-10,15H,8H2,1-2H3,(H,19,20)(H,21,22)/t15-/m1/s1. The molecule has 2 rings (SSSR count). The normalized spacial score (nSPS) is 11.7. The quantitative estimate of drug-likeness (QED) is 0.832. The number of para-hydroxylation sites is 1. The number of carbonyl (C=O) groups is 2. The van der Waals surface area contributed by atoms with Gasteiger partial charge < -0.3 is 10.4 Å².